The third-order valence-corrected chi connectivity index (χ3v) is 7.44. The minimum atomic E-state index is -3.62. The summed E-state index contributed by atoms with van der Waals surface area (Å²) in [5, 5.41) is 6.76. The number of benzene rings is 1. The van der Waals surface area contributed by atoms with E-state index in [1.807, 2.05) is 0 Å². The molecule has 0 radical (unpaired) electrons. The molecule has 2 heterocycles. The molecule has 0 spiro atoms. The third-order valence-electron chi connectivity index (χ3n) is 3.80. The maximum Gasteiger partial charge on any atom is 0.327 e. The normalized spacial score (nSPS) is 11.6. The minimum absolute atomic E-state index is 0.108. The molecule has 2 aromatic heterocycles. The van der Waals surface area contributed by atoms with Crippen LogP contribution in [0, 0.1) is 6.92 Å². The number of nitrogens with one attached hydrogen (secondary N) is 1. The number of urea groups is 1. The number of nitrogens with zero attached hydrogens (tertiary/aromatic N) is 5. The fraction of sp³-hybridized carbons (Fsp3) is 0.250. The van der Waals surface area contributed by atoms with E-state index in [-0.39, 0.29) is 9.34 Å². The zero-order valence-electron chi connectivity index (χ0n) is 15.6. The molecule has 0 saturated carbocycles. The van der Waals surface area contributed by atoms with Crippen LogP contribution in [0.5, 0.6) is 0 Å². The molecule has 1 aromatic carbocycles. The molecule has 0 saturated heterocycles. The average molecular weight is 422 g/mol. The highest BCUT2D eigenvalue weighted by atomic mass is 32.2. The summed E-state index contributed by atoms with van der Waals surface area (Å²) in [6.07, 6.45) is 1.24. The van der Waals surface area contributed by atoms with Crippen LogP contribution < -0.4 is 10.2 Å². The third kappa shape index (κ3) is 3.88. The van der Waals surface area contributed by atoms with Gasteiger partial charge in [0.15, 0.2) is 9.34 Å². The molecular formula is C16H18N6O4S2. The summed E-state index contributed by atoms with van der Waals surface area (Å²) in [6.45, 7) is 1.60. The van der Waals surface area contributed by atoms with E-state index in [0.29, 0.717) is 17.2 Å². The predicted octanol–water partition coefficient (Wildman–Crippen LogP) is 2.42. The second-order valence-electron chi connectivity index (χ2n) is 5.98. The van der Waals surface area contributed by atoms with Gasteiger partial charge in [-0.1, -0.05) is 16.5 Å². The summed E-state index contributed by atoms with van der Waals surface area (Å²) < 4.78 is 30.6. The monoisotopic (exact) mass is 422 g/mol. The van der Waals surface area contributed by atoms with Gasteiger partial charge in [-0.2, -0.15) is 4.98 Å². The number of hydrogen-bond acceptors (Lipinski definition) is 8. The molecular weight excluding hydrogens is 404 g/mol. The van der Waals surface area contributed by atoms with Crippen molar-refractivity contribution in [2.45, 2.75) is 11.1 Å². The van der Waals surface area contributed by atoms with Crippen LogP contribution in [0.1, 0.15) is 5.69 Å². The Morgan fingerprint density at radius 1 is 1.18 bits per heavy atom. The first-order chi connectivity index (χ1) is 13.2. The van der Waals surface area contributed by atoms with Crippen molar-refractivity contribution in [3.05, 3.63) is 36.4 Å². The Bertz CT molecular complexity index is 1080. The molecule has 28 heavy (non-hydrogen) atoms. The Kier molecular flexibility index (Phi) is 5.45. The second-order valence-corrected chi connectivity index (χ2v) is 9.30. The molecule has 3 rings (SSSR count). The molecule has 0 atom stereocenters. The highest BCUT2D eigenvalue weighted by Crippen LogP contribution is 2.31. The van der Waals surface area contributed by atoms with Crippen molar-refractivity contribution in [1.82, 2.24) is 19.4 Å². The number of amides is 2. The first kappa shape index (κ1) is 19.9. The molecule has 0 bridgehead atoms. The predicted molar refractivity (Wildman–Crippen MR) is 105 cm³/mol. The summed E-state index contributed by atoms with van der Waals surface area (Å²) in [4.78, 5) is 22.0. The van der Waals surface area contributed by atoms with Gasteiger partial charge in [0.2, 0.25) is 12.2 Å². The van der Waals surface area contributed by atoms with Crippen LogP contribution in [0.25, 0.3) is 11.4 Å². The molecule has 12 heteroatoms. The number of aromatic nitrogens is 3. The Balaban J connectivity index is 1.75. The van der Waals surface area contributed by atoms with E-state index < -0.39 is 16.1 Å². The standard InChI is InChI=1S/C16H18N6O4S2/c1-10-14(28(24,25)21(2)3)27-16(18-10)22(4)15(23)19-12-7-5-11(6-8-12)13-17-9-26-20-13/h5-9H,1-4H3,(H,19,23). The van der Waals surface area contributed by atoms with Crippen molar-refractivity contribution in [1.29, 1.82) is 0 Å². The molecule has 2 amide bonds. The van der Waals surface area contributed by atoms with Gasteiger partial charge >= 0.3 is 6.03 Å². The molecule has 10 nitrogen and oxygen atoms in total. The highest BCUT2D eigenvalue weighted by molar-refractivity contribution is 7.91. The number of thiazole rings is 1. The molecule has 0 aliphatic rings. The van der Waals surface area contributed by atoms with E-state index in [2.05, 4.69) is 20.4 Å². The fourth-order valence-electron chi connectivity index (χ4n) is 2.21. The summed E-state index contributed by atoms with van der Waals surface area (Å²) in [5.74, 6) is 0.447. The number of carbonyl (C=O) groups is 1. The number of rotatable bonds is 5. The zero-order chi connectivity index (χ0) is 20.5. The average Bonchev–Trinajstić information content (AvgIpc) is 3.31. The lowest BCUT2D eigenvalue weighted by molar-refractivity contribution is 0.258. The first-order valence-electron chi connectivity index (χ1n) is 8.01. The number of anilines is 2. The van der Waals surface area contributed by atoms with Crippen molar-refractivity contribution >= 4 is 38.2 Å². The van der Waals surface area contributed by atoms with E-state index in [1.165, 1.54) is 32.4 Å². The lowest BCUT2D eigenvalue weighted by Crippen LogP contribution is -2.31. The molecule has 148 valence electrons. The number of aryl methyl sites for hydroxylation is 1. The van der Waals surface area contributed by atoms with Crippen LogP contribution in [-0.2, 0) is 10.0 Å². The number of sulfonamides is 1. The maximum absolute atomic E-state index is 12.5. The first-order valence-corrected chi connectivity index (χ1v) is 10.3. The van der Waals surface area contributed by atoms with Crippen LogP contribution in [-0.4, -0.2) is 55.0 Å². The summed E-state index contributed by atoms with van der Waals surface area (Å²) in [7, 11) is 0.796. The summed E-state index contributed by atoms with van der Waals surface area (Å²) in [5.41, 5.74) is 1.64. The van der Waals surface area contributed by atoms with E-state index in [4.69, 9.17) is 4.52 Å². The Labute approximate surface area is 165 Å². The Hall–Kier alpha value is -2.83. The molecule has 0 fully saturated rings. The molecule has 0 aliphatic carbocycles. The van der Waals surface area contributed by atoms with Crippen molar-refractivity contribution in [3.8, 4) is 11.4 Å². The SMILES string of the molecule is Cc1nc(N(C)C(=O)Nc2ccc(-c3ncon3)cc2)sc1S(=O)(=O)N(C)C. The highest BCUT2D eigenvalue weighted by Gasteiger charge is 2.26. The number of carbonyl (C=O) groups excluding carboxylic acids is 1. The molecule has 0 unspecified atom stereocenters. The fourth-order valence-corrected chi connectivity index (χ4v) is 4.82. The minimum Gasteiger partial charge on any atom is -0.342 e. The topological polar surface area (TPSA) is 122 Å². The largest absolute Gasteiger partial charge is 0.342 e. The van der Waals surface area contributed by atoms with E-state index in [0.717, 1.165) is 21.2 Å². The van der Waals surface area contributed by atoms with Crippen LogP contribution in [0.2, 0.25) is 0 Å². The van der Waals surface area contributed by atoms with Gasteiger partial charge in [-0.15, -0.1) is 0 Å². The smallest absolute Gasteiger partial charge is 0.327 e. The van der Waals surface area contributed by atoms with E-state index >= 15 is 0 Å². The zero-order valence-corrected chi connectivity index (χ0v) is 17.2. The lowest BCUT2D eigenvalue weighted by Gasteiger charge is -2.15. The summed E-state index contributed by atoms with van der Waals surface area (Å²) in [6, 6.07) is 6.44. The van der Waals surface area contributed by atoms with Crippen molar-refractivity contribution in [2.75, 3.05) is 31.4 Å². The quantitative estimate of drug-likeness (QED) is 0.670. The van der Waals surface area contributed by atoms with E-state index in [9.17, 15) is 13.2 Å². The van der Waals surface area contributed by atoms with Gasteiger partial charge in [-0.05, 0) is 31.2 Å². The van der Waals surface area contributed by atoms with Crippen LogP contribution >= 0.6 is 11.3 Å². The Morgan fingerprint density at radius 2 is 1.86 bits per heavy atom. The van der Waals surface area contributed by atoms with Crippen molar-refractivity contribution < 1.29 is 17.7 Å². The lowest BCUT2D eigenvalue weighted by atomic mass is 10.2. The van der Waals surface area contributed by atoms with Gasteiger partial charge in [0.05, 0.1) is 5.69 Å². The van der Waals surface area contributed by atoms with Crippen LogP contribution in [0.3, 0.4) is 0 Å². The van der Waals surface area contributed by atoms with Crippen LogP contribution in [0.4, 0.5) is 15.6 Å². The molecule has 3 aromatic rings. The van der Waals surface area contributed by atoms with E-state index in [1.54, 1.807) is 31.2 Å². The van der Waals surface area contributed by atoms with Crippen molar-refractivity contribution in [3.63, 3.8) is 0 Å². The molecule has 0 aliphatic heterocycles. The maximum atomic E-state index is 12.5. The number of hydrogen-bond donors (Lipinski definition) is 1. The van der Waals surface area contributed by atoms with Crippen LogP contribution in [0.15, 0.2) is 39.4 Å². The van der Waals surface area contributed by atoms with Crippen molar-refractivity contribution in [2.24, 2.45) is 0 Å². The van der Waals surface area contributed by atoms with Gasteiger partial charge in [0, 0.05) is 32.4 Å². The van der Waals surface area contributed by atoms with Gasteiger partial charge < -0.3 is 9.84 Å². The van der Waals surface area contributed by atoms with Gasteiger partial charge in [0.25, 0.3) is 10.0 Å². The van der Waals surface area contributed by atoms with Gasteiger partial charge in [-0.25, -0.2) is 22.5 Å². The van der Waals surface area contributed by atoms with Gasteiger partial charge in [-0.3, -0.25) is 4.90 Å². The Morgan fingerprint density at radius 3 is 2.43 bits per heavy atom. The second kappa shape index (κ2) is 7.66. The molecule has 1 N–H and O–H groups in total. The summed E-state index contributed by atoms with van der Waals surface area (Å²) >= 11 is 0.940. The van der Waals surface area contributed by atoms with Gasteiger partial charge in [0.1, 0.15) is 0 Å².